The van der Waals surface area contributed by atoms with E-state index in [1.54, 1.807) is 0 Å². The molecule has 1 aliphatic carbocycles. The van der Waals surface area contributed by atoms with Gasteiger partial charge in [-0.3, -0.25) is 0 Å². The lowest BCUT2D eigenvalue weighted by atomic mass is 9.82. The fraction of sp³-hybridized carbons (Fsp3) is 0.0588. The molecule has 0 spiro atoms. The van der Waals surface area contributed by atoms with Crippen LogP contribution in [0.2, 0.25) is 0 Å². The third-order valence-corrected chi connectivity index (χ3v) is 11.6. The maximum absolute atomic E-state index is 6.26. The molecule has 9 aromatic carbocycles. The molecule has 11 rings (SSSR count). The van der Waals surface area contributed by atoms with Crippen molar-refractivity contribution in [2.45, 2.75) is 19.3 Å². The van der Waals surface area contributed by atoms with Crippen molar-refractivity contribution >= 4 is 71.3 Å². The summed E-state index contributed by atoms with van der Waals surface area (Å²) in [6.07, 6.45) is 0. The summed E-state index contributed by atoms with van der Waals surface area (Å²) >= 11 is 0. The Labute approximate surface area is 308 Å². The minimum absolute atomic E-state index is 0.108. The standard InChI is InChI=1S/C51H35NO/c1-51(2)46-17-9-7-15-40(46)41-27-24-37(31-47(41)51)52(36-25-28-49-45(30-36)42-16-8-10-18-48(42)53-49)35-22-19-33(20-23-35)44-29-34-12-4-6-14-39(34)50-38-13-5-3-11-32(38)21-26-43(44)50/h3-31H,1-2H3. The molecule has 1 aliphatic rings. The van der Waals surface area contributed by atoms with Gasteiger partial charge in [-0.2, -0.15) is 0 Å². The van der Waals surface area contributed by atoms with E-state index < -0.39 is 0 Å². The van der Waals surface area contributed by atoms with Crippen LogP contribution in [-0.4, -0.2) is 0 Å². The molecule has 0 saturated heterocycles. The molecule has 0 aliphatic heterocycles. The Morgan fingerprint density at radius 2 is 1.02 bits per heavy atom. The number of benzene rings is 9. The number of fused-ring (bicyclic) bond motifs is 11. The van der Waals surface area contributed by atoms with Crippen molar-refractivity contribution in [3.05, 3.63) is 187 Å². The molecule has 250 valence electrons. The van der Waals surface area contributed by atoms with Gasteiger partial charge in [-0.25, -0.2) is 0 Å². The molecule has 0 fully saturated rings. The average molecular weight is 678 g/mol. The van der Waals surface area contributed by atoms with Crippen LogP contribution in [0.5, 0.6) is 0 Å². The van der Waals surface area contributed by atoms with E-state index in [-0.39, 0.29) is 5.41 Å². The van der Waals surface area contributed by atoms with E-state index in [1.807, 2.05) is 12.1 Å². The Morgan fingerprint density at radius 1 is 0.396 bits per heavy atom. The molecule has 0 bridgehead atoms. The second-order valence-electron chi connectivity index (χ2n) is 14.9. The second kappa shape index (κ2) is 11.2. The third-order valence-electron chi connectivity index (χ3n) is 11.6. The van der Waals surface area contributed by atoms with E-state index in [0.717, 1.165) is 39.0 Å². The number of rotatable bonds is 4. The van der Waals surface area contributed by atoms with E-state index in [0.29, 0.717) is 0 Å². The quantitative estimate of drug-likeness (QED) is 0.172. The largest absolute Gasteiger partial charge is 0.456 e. The zero-order valence-electron chi connectivity index (χ0n) is 29.6. The molecule has 0 atom stereocenters. The van der Waals surface area contributed by atoms with Gasteiger partial charge in [0.25, 0.3) is 0 Å². The molecule has 0 amide bonds. The third kappa shape index (κ3) is 4.45. The normalized spacial score (nSPS) is 13.2. The Bertz CT molecular complexity index is 3080. The zero-order valence-corrected chi connectivity index (χ0v) is 29.6. The first-order valence-electron chi connectivity index (χ1n) is 18.4. The summed E-state index contributed by atoms with van der Waals surface area (Å²) < 4.78 is 6.26. The highest BCUT2D eigenvalue weighted by Gasteiger charge is 2.35. The molecule has 0 unspecified atom stereocenters. The molecule has 2 heteroatoms. The fourth-order valence-electron chi connectivity index (χ4n) is 9.03. The van der Waals surface area contributed by atoms with Gasteiger partial charge in [-0.15, -0.1) is 0 Å². The molecule has 1 aromatic heterocycles. The van der Waals surface area contributed by atoms with Gasteiger partial charge in [0.15, 0.2) is 0 Å². The number of nitrogens with zero attached hydrogens (tertiary/aromatic N) is 1. The predicted octanol–water partition coefficient (Wildman–Crippen LogP) is 14.5. The topological polar surface area (TPSA) is 16.4 Å². The van der Waals surface area contributed by atoms with Gasteiger partial charge in [0.05, 0.1) is 0 Å². The lowest BCUT2D eigenvalue weighted by Gasteiger charge is -2.28. The van der Waals surface area contributed by atoms with Crippen LogP contribution in [0.1, 0.15) is 25.0 Å². The van der Waals surface area contributed by atoms with Crippen LogP contribution < -0.4 is 4.90 Å². The summed E-state index contributed by atoms with van der Waals surface area (Å²) in [5.41, 5.74) is 12.8. The Kier molecular flexibility index (Phi) is 6.33. The molecule has 53 heavy (non-hydrogen) atoms. The second-order valence-corrected chi connectivity index (χ2v) is 14.9. The highest BCUT2D eigenvalue weighted by molar-refractivity contribution is 6.24. The molecule has 0 radical (unpaired) electrons. The lowest BCUT2D eigenvalue weighted by molar-refractivity contribution is 0.660. The summed E-state index contributed by atoms with van der Waals surface area (Å²) in [5.74, 6) is 0. The van der Waals surface area contributed by atoms with Crippen LogP contribution in [0.3, 0.4) is 0 Å². The number of hydrogen-bond acceptors (Lipinski definition) is 2. The van der Waals surface area contributed by atoms with Gasteiger partial charge >= 0.3 is 0 Å². The van der Waals surface area contributed by atoms with Crippen LogP contribution >= 0.6 is 0 Å². The monoisotopic (exact) mass is 677 g/mol. The molecule has 0 saturated carbocycles. The summed E-state index contributed by atoms with van der Waals surface area (Å²) in [5, 5.41) is 9.90. The van der Waals surface area contributed by atoms with Gasteiger partial charge < -0.3 is 9.32 Å². The van der Waals surface area contributed by atoms with E-state index in [9.17, 15) is 0 Å². The number of para-hydroxylation sites is 1. The molecule has 0 N–H and O–H groups in total. The van der Waals surface area contributed by atoms with E-state index >= 15 is 0 Å². The predicted molar refractivity (Wildman–Crippen MR) is 224 cm³/mol. The first kappa shape index (κ1) is 30.0. The number of furan rings is 1. The molecular formula is C51H35NO. The van der Waals surface area contributed by atoms with Crippen molar-refractivity contribution in [2.24, 2.45) is 0 Å². The van der Waals surface area contributed by atoms with Crippen molar-refractivity contribution in [3.8, 4) is 22.3 Å². The molecule has 1 heterocycles. The Morgan fingerprint density at radius 3 is 1.87 bits per heavy atom. The summed E-state index contributed by atoms with van der Waals surface area (Å²) in [6.45, 7) is 4.70. The van der Waals surface area contributed by atoms with Crippen molar-refractivity contribution in [3.63, 3.8) is 0 Å². The number of anilines is 3. The molecular weight excluding hydrogens is 643 g/mol. The van der Waals surface area contributed by atoms with Crippen molar-refractivity contribution in [2.75, 3.05) is 4.90 Å². The maximum atomic E-state index is 6.26. The highest BCUT2D eigenvalue weighted by Crippen LogP contribution is 2.51. The Balaban J connectivity index is 1.10. The summed E-state index contributed by atoms with van der Waals surface area (Å²) in [4.78, 5) is 2.40. The van der Waals surface area contributed by atoms with Crippen molar-refractivity contribution < 1.29 is 4.42 Å². The van der Waals surface area contributed by atoms with E-state index in [2.05, 4.69) is 183 Å². The SMILES string of the molecule is CC1(C)c2ccccc2-c2ccc(N(c3ccc(-c4cc5ccccc5c5c4ccc4ccccc45)cc3)c3ccc4oc5ccccc5c4c3)cc21. The van der Waals surface area contributed by atoms with Crippen LogP contribution in [0, 0.1) is 0 Å². The lowest BCUT2D eigenvalue weighted by Crippen LogP contribution is -2.16. The number of hydrogen-bond donors (Lipinski definition) is 0. The first-order valence-corrected chi connectivity index (χ1v) is 18.4. The van der Waals surface area contributed by atoms with Crippen LogP contribution in [0.15, 0.2) is 180 Å². The summed E-state index contributed by atoms with van der Waals surface area (Å²) in [6, 6.07) is 64.3. The Hall–Kier alpha value is -6.64. The van der Waals surface area contributed by atoms with Gasteiger partial charge in [-0.05, 0) is 120 Å². The van der Waals surface area contributed by atoms with E-state index in [4.69, 9.17) is 4.42 Å². The fourth-order valence-corrected chi connectivity index (χ4v) is 9.03. The van der Waals surface area contributed by atoms with Crippen LogP contribution in [0.25, 0.3) is 76.5 Å². The van der Waals surface area contributed by atoms with E-state index in [1.165, 1.54) is 65.7 Å². The van der Waals surface area contributed by atoms with Gasteiger partial charge in [0, 0.05) is 33.2 Å². The van der Waals surface area contributed by atoms with Crippen LogP contribution in [0.4, 0.5) is 17.1 Å². The molecule has 10 aromatic rings. The van der Waals surface area contributed by atoms with Crippen molar-refractivity contribution in [1.29, 1.82) is 0 Å². The van der Waals surface area contributed by atoms with Crippen molar-refractivity contribution in [1.82, 2.24) is 0 Å². The van der Waals surface area contributed by atoms with Gasteiger partial charge in [0.2, 0.25) is 0 Å². The minimum atomic E-state index is -0.108. The zero-order chi connectivity index (χ0) is 35.3. The summed E-state index contributed by atoms with van der Waals surface area (Å²) in [7, 11) is 0. The van der Waals surface area contributed by atoms with Gasteiger partial charge in [-0.1, -0.05) is 135 Å². The smallest absolute Gasteiger partial charge is 0.135 e. The first-order chi connectivity index (χ1) is 26.0. The molecule has 2 nitrogen and oxygen atoms in total. The highest BCUT2D eigenvalue weighted by atomic mass is 16.3. The van der Waals surface area contributed by atoms with Crippen LogP contribution in [-0.2, 0) is 5.41 Å². The minimum Gasteiger partial charge on any atom is -0.456 e. The average Bonchev–Trinajstić information content (AvgIpc) is 3.69. The maximum Gasteiger partial charge on any atom is 0.135 e. The van der Waals surface area contributed by atoms with Gasteiger partial charge in [0.1, 0.15) is 11.2 Å².